The fourth-order valence-corrected chi connectivity index (χ4v) is 2.02. The molecule has 0 amide bonds. The minimum Gasteiger partial charge on any atom is -0.497 e. The molecule has 1 fully saturated rings. The summed E-state index contributed by atoms with van der Waals surface area (Å²) in [4.78, 5) is 12.4. The third kappa shape index (κ3) is 2.06. The zero-order chi connectivity index (χ0) is 12.5. The Morgan fingerprint density at radius 2 is 2.35 bits per heavy atom. The first-order valence-corrected chi connectivity index (χ1v) is 5.60. The van der Waals surface area contributed by atoms with Crippen molar-refractivity contribution in [3.05, 3.63) is 29.8 Å². The molecule has 1 aromatic rings. The summed E-state index contributed by atoms with van der Waals surface area (Å²) in [6, 6.07) is 6.88. The lowest BCUT2D eigenvalue weighted by molar-refractivity contribution is 0.0767. The molecule has 92 valence electrons. The van der Waals surface area contributed by atoms with Gasteiger partial charge in [-0.1, -0.05) is 12.1 Å². The van der Waals surface area contributed by atoms with Crippen LogP contribution in [0.5, 0.6) is 5.75 Å². The standard InChI is InChI=1S/C13H17NO3/c1-13(8-17-7-11(13)14)12(15)9-4-3-5-10(6-9)16-2/h3-6,11H,7-8,14H2,1-2H3. The van der Waals surface area contributed by atoms with Crippen LogP contribution in [0.4, 0.5) is 0 Å². The molecule has 0 bridgehead atoms. The molecule has 2 rings (SSSR count). The Morgan fingerprint density at radius 1 is 1.59 bits per heavy atom. The molecule has 2 unspecified atom stereocenters. The third-order valence-electron chi connectivity index (χ3n) is 3.37. The average Bonchev–Trinajstić information content (AvgIpc) is 2.70. The molecule has 0 aromatic heterocycles. The molecule has 0 aliphatic carbocycles. The molecule has 4 nitrogen and oxygen atoms in total. The van der Waals surface area contributed by atoms with Gasteiger partial charge in [0.15, 0.2) is 5.78 Å². The van der Waals surface area contributed by atoms with Crippen LogP contribution >= 0.6 is 0 Å². The predicted molar refractivity (Wildman–Crippen MR) is 64.2 cm³/mol. The van der Waals surface area contributed by atoms with Crippen molar-refractivity contribution in [2.24, 2.45) is 11.1 Å². The van der Waals surface area contributed by atoms with E-state index in [1.54, 1.807) is 25.3 Å². The summed E-state index contributed by atoms with van der Waals surface area (Å²) in [5.74, 6) is 0.688. The lowest BCUT2D eigenvalue weighted by atomic mass is 9.78. The van der Waals surface area contributed by atoms with Crippen LogP contribution < -0.4 is 10.5 Å². The van der Waals surface area contributed by atoms with E-state index in [0.29, 0.717) is 24.5 Å². The van der Waals surface area contributed by atoms with Gasteiger partial charge in [-0.3, -0.25) is 4.79 Å². The fraction of sp³-hybridized carbons (Fsp3) is 0.462. The number of ether oxygens (including phenoxy) is 2. The second kappa shape index (κ2) is 4.47. The van der Waals surface area contributed by atoms with Gasteiger partial charge < -0.3 is 15.2 Å². The lowest BCUT2D eigenvalue weighted by Gasteiger charge is -2.25. The van der Waals surface area contributed by atoms with Gasteiger partial charge in [-0.25, -0.2) is 0 Å². The Balaban J connectivity index is 2.30. The third-order valence-corrected chi connectivity index (χ3v) is 3.37. The highest BCUT2D eigenvalue weighted by Gasteiger charge is 2.44. The first-order valence-electron chi connectivity index (χ1n) is 5.60. The molecular formula is C13H17NO3. The van der Waals surface area contributed by atoms with E-state index in [1.807, 2.05) is 13.0 Å². The van der Waals surface area contributed by atoms with E-state index < -0.39 is 5.41 Å². The summed E-state index contributed by atoms with van der Waals surface area (Å²) in [6.07, 6.45) is 0. The highest BCUT2D eigenvalue weighted by Crippen LogP contribution is 2.32. The largest absolute Gasteiger partial charge is 0.497 e. The molecule has 0 radical (unpaired) electrons. The Bertz CT molecular complexity index is 432. The maximum absolute atomic E-state index is 12.4. The fourth-order valence-electron chi connectivity index (χ4n) is 2.02. The highest BCUT2D eigenvalue weighted by molar-refractivity contribution is 6.01. The molecule has 2 atom stereocenters. The smallest absolute Gasteiger partial charge is 0.172 e. The maximum Gasteiger partial charge on any atom is 0.172 e. The molecule has 0 saturated carbocycles. The van der Waals surface area contributed by atoms with E-state index in [1.165, 1.54) is 0 Å². The van der Waals surface area contributed by atoms with E-state index in [-0.39, 0.29) is 11.8 Å². The van der Waals surface area contributed by atoms with Gasteiger partial charge in [0.05, 0.1) is 25.7 Å². The molecule has 4 heteroatoms. The maximum atomic E-state index is 12.4. The Kier molecular flexibility index (Phi) is 3.17. The molecule has 1 heterocycles. The number of methoxy groups -OCH3 is 1. The number of nitrogens with two attached hydrogens (primary N) is 1. The number of carbonyl (C=O) groups excluding carboxylic acids is 1. The zero-order valence-corrected chi connectivity index (χ0v) is 10.1. The van der Waals surface area contributed by atoms with Crippen molar-refractivity contribution in [3.8, 4) is 5.75 Å². The van der Waals surface area contributed by atoms with Crippen LogP contribution in [0.25, 0.3) is 0 Å². The summed E-state index contributed by atoms with van der Waals surface area (Å²) in [6.45, 7) is 2.67. The van der Waals surface area contributed by atoms with E-state index >= 15 is 0 Å². The first kappa shape index (κ1) is 12.1. The summed E-state index contributed by atoms with van der Waals surface area (Å²) in [5, 5.41) is 0. The van der Waals surface area contributed by atoms with Crippen molar-refractivity contribution in [1.29, 1.82) is 0 Å². The Morgan fingerprint density at radius 3 is 2.94 bits per heavy atom. The van der Waals surface area contributed by atoms with Gasteiger partial charge in [0.1, 0.15) is 5.75 Å². The summed E-state index contributed by atoms with van der Waals surface area (Å²) >= 11 is 0. The van der Waals surface area contributed by atoms with Gasteiger partial charge in [-0.2, -0.15) is 0 Å². The predicted octanol–water partition coefficient (Wildman–Crippen LogP) is 1.24. The van der Waals surface area contributed by atoms with Crippen LogP contribution in [0.1, 0.15) is 17.3 Å². The topological polar surface area (TPSA) is 61.5 Å². The average molecular weight is 235 g/mol. The molecule has 2 N–H and O–H groups in total. The van der Waals surface area contributed by atoms with Gasteiger partial charge in [0.25, 0.3) is 0 Å². The first-order chi connectivity index (χ1) is 8.08. The van der Waals surface area contributed by atoms with Crippen LogP contribution in [-0.4, -0.2) is 32.1 Å². The van der Waals surface area contributed by atoms with Crippen molar-refractivity contribution in [2.75, 3.05) is 20.3 Å². The highest BCUT2D eigenvalue weighted by atomic mass is 16.5. The van der Waals surface area contributed by atoms with Crippen molar-refractivity contribution < 1.29 is 14.3 Å². The monoisotopic (exact) mass is 235 g/mol. The van der Waals surface area contributed by atoms with Gasteiger partial charge >= 0.3 is 0 Å². The van der Waals surface area contributed by atoms with Crippen LogP contribution in [0, 0.1) is 5.41 Å². The molecular weight excluding hydrogens is 218 g/mol. The molecule has 0 spiro atoms. The second-order valence-electron chi connectivity index (χ2n) is 4.60. The van der Waals surface area contributed by atoms with Crippen molar-refractivity contribution in [1.82, 2.24) is 0 Å². The normalized spacial score (nSPS) is 28.1. The van der Waals surface area contributed by atoms with Crippen molar-refractivity contribution >= 4 is 5.78 Å². The van der Waals surface area contributed by atoms with E-state index in [9.17, 15) is 4.79 Å². The number of Topliss-reactive ketones (excluding diaryl/α,β-unsaturated/α-hetero) is 1. The quantitative estimate of drug-likeness (QED) is 0.801. The van der Waals surface area contributed by atoms with E-state index in [2.05, 4.69) is 0 Å². The van der Waals surface area contributed by atoms with Crippen LogP contribution in [-0.2, 0) is 4.74 Å². The number of hydrogen-bond acceptors (Lipinski definition) is 4. The van der Waals surface area contributed by atoms with Crippen LogP contribution in [0.15, 0.2) is 24.3 Å². The number of rotatable bonds is 3. The van der Waals surface area contributed by atoms with Crippen LogP contribution in [0.2, 0.25) is 0 Å². The number of hydrogen-bond donors (Lipinski definition) is 1. The van der Waals surface area contributed by atoms with E-state index in [0.717, 1.165) is 0 Å². The number of ketones is 1. The van der Waals surface area contributed by atoms with Gasteiger partial charge in [0.2, 0.25) is 0 Å². The Labute approximate surface area is 101 Å². The molecule has 1 aliphatic rings. The summed E-state index contributed by atoms with van der Waals surface area (Å²) < 4.78 is 10.4. The summed E-state index contributed by atoms with van der Waals surface area (Å²) in [5.41, 5.74) is 5.93. The van der Waals surface area contributed by atoms with Gasteiger partial charge in [0, 0.05) is 11.6 Å². The summed E-state index contributed by atoms with van der Waals surface area (Å²) in [7, 11) is 1.58. The number of benzene rings is 1. The minimum absolute atomic E-state index is 0.0152. The van der Waals surface area contributed by atoms with E-state index in [4.69, 9.17) is 15.2 Å². The zero-order valence-electron chi connectivity index (χ0n) is 10.1. The molecule has 1 aromatic carbocycles. The SMILES string of the molecule is COc1cccc(C(=O)C2(C)COCC2N)c1. The van der Waals surface area contributed by atoms with Gasteiger partial charge in [-0.15, -0.1) is 0 Å². The molecule has 1 aliphatic heterocycles. The van der Waals surface area contributed by atoms with Crippen molar-refractivity contribution in [2.45, 2.75) is 13.0 Å². The molecule has 1 saturated heterocycles. The number of carbonyl (C=O) groups is 1. The van der Waals surface area contributed by atoms with Crippen LogP contribution in [0.3, 0.4) is 0 Å². The van der Waals surface area contributed by atoms with Gasteiger partial charge in [-0.05, 0) is 19.1 Å². The molecule has 17 heavy (non-hydrogen) atoms. The van der Waals surface area contributed by atoms with Crippen molar-refractivity contribution in [3.63, 3.8) is 0 Å². The Hall–Kier alpha value is -1.39. The minimum atomic E-state index is -0.633. The second-order valence-corrected chi connectivity index (χ2v) is 4.60. The lowest BCUT2D eigenvalue weighted by Crippen LogP contribution is -2.44.